The van der Waals surface area contributed by atoms with Gasteiger partial charge in [0.2, 0.25) is 0 Å². The van der Waals surface area contributed by atoms with E-state index in [2.05, 4.69) is 10.1 Å². The smallest absolute Gasteiger partial charge is 0.420 e. The highest BCUT2D eigenvalue weighted by Crippen LogP contribution is 2.26. The van der Waals surface area contributed by atoms with Crippen molar-refractivity contribution in [1.82, 2.24) is 19.7 Å². The topological polar surface area (TPSA) is 86.5 Å². The first kappa shape index (κ1) is 24.4. The standard InChI is InChI=1S/C23H26ClFN4O4/c1-22(2,3)32-20(30)28(21(31)33-23(4,5)6)13-17-19-14(11-18(24)27-17)12-26-29(19)16-9-7-15(25)8-10-16/h7-12H,13H2,1-6H3. The molecule has 0 fully saturated rings. The molecule has 2 heterocycles. The van der Waals surface area contributed by atoms with E-state index in [4.69, 9.17) is 21.1 Å². The normalized spacial score (nSPS) is 12.0. The molecule has 8 nitrogen and oxygen atoms in total. The number of carbonyl (C=O) groups is 2. The number of rotatable bonds is 3. The van der Waals surface area contributed by atoms with Gasteiger partial charge in [-0.15, -0.1) is 0 Å². The van der Waals surface area contributed by atoms with Gasteiger partial charge in [0, 0.05) is 5.39 Å². The van der Waals surface area contributed by atoms with Crippen LogP contribution in [0.5, 0.6) is 0 Å². The number of pyridine rings is 1. The van der Waals surface area contributed by atoms with Crippen LogP contribution in [0.4, 0.5) is 14.0 Å². The molecule has 2 aromatic heterocycles. The molecule has 0 N–H and O–H groups in total. The van der Waals surface area contributed by atoms with E-state index in [0.29, 0.717) is 16.6 Å². The van der Waals surface area contributed by atoms with E-state index in [1.54, 1.807) is 65.9 Å². The molecule has 0 spiro atoms. The largest absolute Gasteiger partial charge is 0.443 e. The van der Waals surface area contributed by atoms with Crippen LogP contribution in [0.15, 0.2) is 36.5 Å². The molecule has 0 radical (unpaired) electrons. The number of imide groups is 1. The summed E-state index contributed by atoms with van der Waals surface area (Å²) in [6, 6.07) is 7.33. The van der Waals surface area contributed by atoms with Crippen LogP contribution in [0.1, 0.15) is 47.2 Å². The minimum absolute atomic E-state index is 0.157. The molecule has 0 aliphatic heterocycles. The van der Waals surface area contributed by atoms with Gasteiger partial charge >= 0.3 is 12.2 Å². The number of halogens is 2. The summed E-state index contributed by atoms with van der Waals surface area (Å²) in [5.74, 6) is -0.391. The lowest BCUT2D eigenvalue weighted by Gasteiger charge is -2.28. The van der Waals surface area contributed by atoms with E-state index in [0.717, 1.165) is 4.90 Å². The van der Waals surface area contributed by atoms with E-state index in [1.807, 2.05) is 0 Å². The summed E-state index contributed by atoms with van der Waals surface area (Å²) >= 11 is 6.21. The van der Waals surface area contributed by atoms with E-state index < -0.39 is 29.2 Å². The predicted octanol–water partition coefficient (Wildman–Crippen LogP) is 5.89. The van der Waals surface area contributed by atoms with Crippen molar-refractivity contribution in [1.29, 1.82) is 0 Å². The first-order valence-corrected chi connectivity index (χ1v) is 10.6. The molecule has 176 valence electrons. The van der Waals surface area contributed by atoms with Crippen LogP contribution in [-0.4, -0.2) is 43.1 Å². The van der Waals surface area contributed by atoms with Crippen molar-refractivity contribution in [3.8, 4) is 5.69 Å². The molecule has 33 heavy (non-hydrogen) atoms. The third-order valence-corrected chi connectivity index (χ3v) is 4.39. The Morgan fingerprint density at radius 2 is 1.58 bits per heavy atom. The zero-order chi connectivity index (χ0) is 24.6. The molecule has 0 aliphatic carbocycles. The molecule has 3 aromatic rings. The SMILES string of the molecule is CC(C)(C)OC(=O)N(Cc1nc(Cl)cc2cnn(-c3ccc(F)cc3)c12)C(=O)OC(C)(C)C. The third kappa shape index (κ3) is 6.19. The van der Waals surface area contributed by atoms with Crippen molar-refractivity contribution in [2.45, 2.75) is 59.3 Å². The Bertz CT molecular complexity index is 1150. The Balaban J connectivity index is 2.09. The molecule has 0 saturated heterocycles. The first-order chi connectivity index (χ1) is 15.2. The Hall–Kier alpha value is -3.20. The Kier molecular flexibility index (Phi) is 6.65. The van der Waals surface area contributed by atoms with Crippen molar-refractivity contribution in [3.63, 3.8) is 0 Å². The van der Waals surface area contributed by atoms with E-state index in [-0.39, 0.29) is 17.4 Å². The van der Waals surface area contributed by atoms with Crippen molar-refractivity contribution in [3.05, 3.63) is 53.2 Å². The first-order valence-electron chi connectivity index (χ1n) is 10.3. The van der Waals surface area contributed by atoms with Gasteiger partial charge in [-0.25, -0.2) is 28.5 Å². The lowest BCUT2D eigenvalue weighted by atomic mass is 10.2. The van der Waals surface area contributed by atoms with Gasteiger partial charge in [-0.3, -0.25) is 0 Å². The highest BCUT2D eigenvalue weighted by molar-refractivity contribution is 6.30. The lowest BCUT2D eigenvalue weighted by Crippen LogP contribution is -2.43. The van der Waals surface area contributed by atoms with Crippen molar-refractivity contribution in [2.75, 3.05) is 0 Å². The summed E-state index contributed by atoms with van der Waals surface area (Å²) in [6.07, 6.45) is -0.208. The molecule has 0 aliphatic rings. The van der Waals surface area contributed by atoms with Gasteiger partial charge in [0.1, 0.15) is 22.2 Å². The van der Waals surface area contributed by atoms with Gasteiger partial charge in [0.25, 0.3) is 0 Å². The predicted molar refractivity (Wildman–Crippen MR) is 122 cm³/mol. The number of carbonyl (C=O) groups excluding carboxylic acids is 2. The van der Waals surface area contributed by atoms with Gasteiger partial charge in [-0.1, -0.05) is 11.6 Å². The highest BCUT2D eigenvalue weighted by Gasteiger charge is 2.32. The van der Waals surface area contributed by atoms with E-state index in [9.17, 15) is 14.0 Å². The van der Waals surface area contributed by atoms with Crippen LogP contribution in [0, 0.1) is 5.82 Å². The quantitative estimate of drug-likeness (QED) is 0.438. The van der Waals surface area contributed by atoms with Gasteiger partial charge in [-0.05, 0) is 71.9 Å². The van der Waals surface area contributed by atoms with Crippen LogP contribution < -0.4 is 0 Å². The Morgan fingerprint density at radius 3 is 2.09 bits per heavy atom. The van der Waals surface area contributed by atoms with Gasteiger partial charge < -0.3 is 9.47 Å². The third-order valence-electron chi connectivity index (χ3n) is 4.19. The summed E-state index contributed by atoms with van der Waals surface area (Å²) in [6.45, 7) is 9.87. The van der Waals surface area contributed by atoms with Crippen LogP contribution in [0.25, 0.3) is 16.6 Å². The molecule has 0 unspecified atom stereocenters. The second-order valence-corrected chi connectivity index (χ2v) is 9.80. The van der Waals surface area contributed by atoms with Crippen LogP contribution >= 0.6 is 11.6 Å². The zero-order valence-corrected chi connectivity index (χ0v) is 20.1. The molecule has 1 aromatic carbocycles. The number of fused-ring (bicyclic) bond motifs is 1. The summed E-state index contributed by atoms with van der Waals surface area (Å²) in [5.41, 5.74) is -0.328. The van der Waals surface area contributed by atoms with Crippen LogP contribution in [-0.2, 0) is 16.0 Å². The molecule has 2 amide bonds. The number of benzene rings is 1. The fraction of sp³-hybridized carbons (Fsp3) is 0.391. The monoisotopic (exact) mass is 476 g/mol. The zero-order valence-electron chi connectivity index (χ0n) is 19.3. The molecular formula is C23H26ClFN4O4. The highest BCUT2D eigenvalue weighted by atomic mass is 35.5. The van der Waals surface area contributed by atoms with E-state index in [1.165, 1.54) is 16.8 Å². The van der Waals surface area contributed by atoms with E-state index >= 15 is 0 Å². The van der Waals surface area contributed by atoms with Crippen LogP contribution in [0.3, 0.4) is 0 Å². The minimum Gasteiger partial charge on any atom is -0.443 e. The summed E-state index contributed by atoms with van der Waals surface area (Å²) in [4.78, 5) is 31.0. The molecule has 3 rings (SSSR count). The number of hydrogen-bond acceptors (Lipinski definition) is 6. The maximum absolute atomic E-state index is 13.4. The van der Waals surface area contributed by atoms with Crippen molar-refractivity contribution in [2.24, 2.45) is 0 Å². The number of nitrogens with zero attached hydrogens (tertiary/aromatic N) is 4. The Labute approximate surface area is 196 Å². The van der Waals surface area contributed by atoms with Crippen molar-refractivity contribution < 1.29 is 23.5 Å². The maximum Gasteiger partial charge on any atom is 0.420 e. The second-order valence-electron chi connectivity index (χ2n) is 9.41. The average Bonchev–Trinajstić information content (AvgIpc) is 3.07. The minimum atomic E-state index is -0.889. The fourth-order valence-electron chi connectivity index (χ4n) is 2.97. The maximum atomic E-state index is 13.4. The fourth-order valence-corrected chi connectivity index (χ4v) is 3.19. The number of aromatic nitrogens is 3. The number of amides is 2. The molecular weight excluding hydrogens is 451 g/mol. The summed E-state index contributed by atoms with van der Waals surface area (Å²) in [5, 5.41) is 5.14. The molecule has 0 saturated carbocycles. The van der Waals surface area contributed by atoms with Gasteiger partial charge in [-0.2, -0.15) is 5.10 Å². The lowest BCUT2D eigenvalue weighted by molar-refractivity contribution is -0.000405. The molecule has 0 bridgehead atoms. The molecule has 10 heteroatoms. The number of ether oxygens (including phenoxy) is 2. The van der Waals surface area contributed by atoms with Gasteiger partial charge in [0.05, 0.1) is 29.6 Å². The van der Waals surface area contributed by atoms with Crippen LogP contribution in [0.2, 0.25) is 5.15 Å². The average molecular weight is 477 g/mol. The summed E-state index contributed by atoms with van der Waals surface area (Å²) in [7, 11) is 0. The summed E-state index contributed by atoms with van der Waals surface area (Å²) < 4.78 is 25.8. The van der Waals surface area contributed by atoms with Gasteiger partial charge in [0.15, 0.2) is 0 Å². The van der Waals surface area contributed by atoms with Crippen molar-refractivity contribution >= 4 is 34.7 Å². The second kappa shape index (κ2) is 8.97. The Morgan fingerprint density at radius 1 is 1.03 bits per heavy atom. The molecule has 0 atom stereocenters. The number of hydrogen-bond donors (Lipinski definition) is 0.